The average Bonchev–Trinajstić information content (AvgIpc) is 2.67. The Labute approximate surface area is 168 Å². The Bertz CT molecular complexity index is 919. The van der Waals surface area contributed by atoms with Crippen LogP contribution in [0.15, 0.2) is 48.5 Å². The van der Waals surface area contributed by atoms with E-state index in [-0.39, 0.29) is 16.1 Å². The van der Waals surface area contributed by atoms with Crippen LogP contribution in [0.5, 0.6) is 5.75 Å². The molecule has 1 aliphatic rings. The maximum Gasteiger partial charge on any atom is 0.437 e. The number of amides is 2. The number of hydrogen-bond donors (Lipinski definition) is 3. The molecule has 3 rings (SSSR count). The van der Waals surface area contributed by atoms with Crippen molar-refractivity contribution in [3.63, 3.8) is 0 Å². The maximum atomic E-state index is 13.8. The molecule has 6 nitrogen and oxygen atoms in total. The SMILES string of the molecule is COc1ccc([C@@H]2NC(=O)N[C@@](O)(C(F)(F)F)[C@H]2C(=O)c2ccc(Cl)cc2)cc1. The summed E-state index contributed by atoms with van der Waals surface area (Å²) in [5.41, 5.74) is -3.69. The van der Waals surface area contributed by atoms with Gasteiger partial charge >= 0.3 is 12.2 Å². The van der Waals surface area contributed by atoms with E-state index in [1.54, 1.807) is 0 Å². The van der Waals surface area contributed by atoms with Crippen molar-refractivity contribution in [3.8, 4) is 5.75 Å². The third-order valence-corrected chi connectivity index (χ3v) is 4.94. The van der Waals surface area contributed by atoms with Crippen LogP contribution in [0, 0.1) is 5.92 Å². The number of carbonyl (C=O) groups excluding carboxylic acids is 2. The van der Waals surface area contributed by atoms with Gasteiger partial charge < -0.3 is 20.5 Å². The Morgan fingerprint density at radius 3 is 2.24 bits per heavy atom. The van der Waals surface area contributed by atoms with Crippen LogP contribution in [0.4, 0.5) is 18.0 Å². The number of alkyl halides is 3. The Morgan fingerprint density at radius 2 is 1.72 bits per heavy atom. The van der Waals surface area contributed by atoms with Crippen LogP contribution in [0.2, 0.25) is 5.02 Å². The second kappa shape index (κ2) is 7.57. The molecule has 2 amide bonds. The van der Waals surface area contributed by atoms with E-state index in [0.717, 1.165) is 0 Å². The molecule has 10 heteroatoms. The molecule has 1 aliphatic heterocycles. The van der Waals surface area contributed by atoms with E-state index in [2.05, 4.69) is 5.32 Å². The number of halogens is 4. The lowest BCUT2D eigenvalue weighted by Crippen LogP contribution is -2.72. The maximum absolute atomic E-state index is 13.8. The van der Waals surface area contributed by atoms with Crippen molar-refractivity contribution in [3.05, 3.63) is 64.7 Å². The number of methoxy groups -OCH3 is 1. The third-order valence-electron chi connectivity index (χ3n) is 4.69. The first-order valence-electron chi connectivity index (χ1n) is 8.38. The minimum Gasteiger partial charge on any atom is -0.497 e. The summed E-state index contributed by atoms with van der Waals surface area (Å²) in [6, 6.07) is 8.25. The topological polar surface area (TPSA) is 87.7 Å². The van der Waals surface area contributed by atoms with E-state index < -0.39 is 35.7 Å². The molecule has 2 aromatic rings. The van der Waals surface area contributed by atoms with Gasteiger partial charge in [-0.05, 0) is 42.0 Å². The van der Waals surface area contributed by atoms with Crippen molar-refractivity contribution in [2.75, 3.05) is 7.11 Å². The summed E-state index contributed by atoms with van der Waals surface area (Å²) in [5.74, 6) is -2.69. The molecule has 0 aliphatic carbocycles. The molecule has 3 N–H and O–H groups in total. The van der Waals surface area contributed by atoms with Crippen molar-refractivity contribution in [2.45, 2.75) is 17.9 Å². The number of benzene rings is 2. The Balaban J connectivity index is 2.13. The molecule has 1 saturated heterocycles. The van der Waals surface area contributed by atoms with Gasteiger partial charge in [-0.15, -0.1) is 0 Å². The highest BCUT2D eigenvalue weighted by atomic mass is 35.5. The summed E-state index contributed by atoms with van der Waals surface area (Å²) in [7, 11) is 1.41. The van der Waals surface area contributed by atoms with Crippen LogP contribution >= 0.6 is 11.6 Å². The summed E-state index contributed by atoms with van der Waals surface area (Å²) in [6.45, 7) is 0. The average molecular weight is 429 g/mol. The van der Waals surface area contributed by atoms with Crippen molar-refractivity contribution in [1.29, 1.82) is 0 Å². The molecule has 154 valence electrons. The van der Waals surface area contributed by atoms with E-state index in [9.17, 15) is 27.9 Å². The monoisotopic (exact) mass is 428 g/mol. The summed E-state index contributed by atoms with van der Waals surface area (Å²) in [5, 5.41) is 14.6. The third kappa shape index (κ3) is 3.88. The smallest absolute Gasteiger partial charge is 0.437 e. The lowest BCUT2D eigenvalue weighted by molar-refractivity contribution is -0.287. The second-order valence-electron chi connectivity index (χ2n) is 6.46. The number of Topliss-reactive ketones (excluding diaryl/α,β-unsaturated/α-hetero) is 1. The Morgan fingerprint density at radius 1 is 1.14 bits per heavy atom. The number of rotatable bonds is 4. The first kappa shape index (κ1) is 20.9. The normalized spacial score (nSPS) is 24.4. The van der Waals surface area contributed by atoms with Crippen molar-refractivity contribution < 1.29 is 32.6 Å². The van der Waals surface area contributed by atoms with E-state index >= 15 is 0 Å². The zero-order valence-corrected chi connectivity index (χ0v) is 15.7. The van der Waals surface area contributed by atoms with Crippen molar-refractivity contribution >= 4 is 23.4 Å². The van der Waals surface area contributed by atoms with Gasteiger partial charge in [-0.25, -0.2) is 4.79 Å². The fourth-order valence-corrected chi connectivity index (χ4v) is 3.35. The number of urea groups is 1. The molecule has 3 atom stereocenters. The Hall–Kier alpha value is -2.78. The van der Waals surface area contributed by atoms with Gasteiger partial charge in [-0.3, -0.25) is 4.79 Å². The molecule has 2 aromatic carbocycles. The molecule has 0 spiro atoms. The lowest BCUT2D eigenvalue weighted by atomic mass is 9.77. The minimum absolute atomic E-state index is 0.0986. The van der Waals surface area contributed by atoms with Gasteiger partial charge in [0.15, 0.2) is 5.78 Å². The van der Waals surface area contributed by atoms with Crippen LogP contribution in [0.3, 0.4) is 0 Å². The molecule has 1 heterocycles. The van der Waals surface area contributed by atoms with Crippen LogP contribution < -0.4 is 15.4 Å². The quantitative estimate of drug-likeness (QED) is 0.651. The molecule has 0 bridgehead atoms. The number of aliphatic hydroxyl groups is 1. The first-order chi connectivity index (χ1) is 13.6. The van der Waals surface area contributed by atoms with Gasteiger partial charge in [0.2, 0.25) is 5.72 Å². The van der Waals surface area contributed by atoms with Gasteiger partial charge in [-0.1, -0.05) is 23.7 Å². The second-order valence-corrected chi connectivity index (χ2v) is 6.90. The summed E-state index contributed by atoms with van der Waals surface area (Å²) in [6.07, 6.45) is -5.32. The zero-order valence-electron chi connectivity index (χ0n) is 15.0. The molecular formula is C19H16ClF3N2O4. The van der Waals surface area contributed by atoms with E-state index in [4.69, 9.17) is 16.3 Å². The molecule has 0 radical (unpaired) electrons. The van der Waals surface area contributed by atoms with Crippen LogP contribution in [-0.4, -0.2) is 35.9 Å². The molecular weight excluding hydrogens is 413 g/mol. The predicted molar refractivity (Wildman–Crippen MR) is 97.7 cm³/mol. The van der Waals surface area contributed by atoms with Crippen LogP contribution in [0.25, 0.3) is 0 Å². The van der Waals surface area contributed by atoms with Crippen molar-refractivity contribution in [1.82, 2.24) is 10.6 Å². The predicted octanol–water partition coefficient (Wildman–Crippen LogP) is 3.45. The highest BCUT2D eigenvalue weighted by Crippen LogP contribution is 2.44. The molecule has 0 unspecified atom stereocenters. The first-order valence-corrected chi connectivity index (χ1v) is 8.76. The van der Waals surface area contributed by atoms with Crippen LogP contribution in [0.1, 0.15) is 22.0 Å². The minimum atomic E-state index is -5.32. The fourth-order valence-electron chi connectivity index (χ4n) is 3.22. The van der Waals surface area contributed by atoms with Gasteiger partial charge in [-0.2, -0.15) is 13.2 Å². The van der Waals surface area contributed by atoms with Gasteiger partial charge in [0.25, 0.3) is 0 Å². The number of ether oxygens (including phenoxy) is 1. The highest BCUT2D eigenvalue weighted by molar-refractivity contribution is 6.30. The van der Waals surface area contributed by atoms with E-state index in [0.29, 0.717) is 5.75 Å². The molecule has 0 saturated carbocycles. The van der Waals surface area contributed by atoms with Gasteiger partial charge in [0.1, 0.15) is 11.7 Å². The van der Waals surface area contributed by atoms with E-state index in [1.165, 1.54) is 61.0 Å². The van der Waals surface area contributed by atoms with Crippen LogP contribution in [-0.2, 0) is 0 Å². The van der Waals surface area contributed by atoms with Gasteiger partial charge in [0, 0.05) is 10.6 Å². The summed E-state index contributed by atoms with van der Waals surface area (Å²) in [4.78, 5) is 25.0. The number of ketones is 1. The molecule has 0 aromatic heterocycles. The number of carbonyl (C=O) groups is 2. The lowest BCUT2D eigenvalue weighted by Gasteiger charge is -2.45. The Kier molecular flexibility index (Phi) is 5.46. The van der Waals surface area contributed by atoms with E-state index in [1.807, 2.05) is 0 Å². The zero-order chi connectivity index (χ0) is 21.4. The summed E-state index contributed by atoms with van der Waals surface area (Å²) < 4.78 is 46.5. The number of nitrogens with one attached hydrogen (secondary N) is 2. The standard InChI is InChI=1S/C19H16ClF3N2O4/c1-29-13-8-4-10(5-9-13)15-14(16(26)11-2-6-12(20)7-3-11)18(28,19(21,22)23)25-17(27)24-15/h2-9,14-15,28H,1H3,(H2,24,25,27)/t14-,15+,18+/m1/s1. The molecule has 29 heavy (non-hydrogen) atoms. The number of hydrogen-bond acceptors (Lipinski definition) is 4. The fraction of sp³-hybridized carbons (Fsp3) is 0.263. The summed E-state index contributed by atoms with van der Waals surface area (Å²) >= 11 is 5.78. The van der Waals surface area contributed by atoms with Crippen molar-refractivity contribution in [2.24, 2.45) is 5.92 Å². The molecule has 1 fully saturated rings. The highest BCUT2D eigenvalue weighted by Gasteiger charge is 2.66. The largest absolute Gasteiger partial charge is 0.497 e. The van der Waals surface area contributed by atoms with Gasteiger partial charge in [0.05, 0.1) is 13.2 Å².